The maximum Gasteiger partial charge on any atom is 0.224 e. The van der Waals surface area contributed by atoms with Crippen LogP contribution in [0, 0.1) is 5.41 Å². The van der Waals surface area contributed by atoms with Crippen LogP contribution >= 0.6 is 0 Å². The lowest BCUT2D eigenvalue weighted by atomic mass is 9.77. The number of carbonyl (C=O) groups is 2. The molecule has 10 nitrogen and oxygen atoms in total. The minimum atomic E-state index is 0.0680. The van der Waals surface area contributed by atoms with Crippen molar-refractivity contribution in [2.24, 2.45) is 25.9 Å². The van der Waals surface area contributed by atoms with Gasteiger partial charge in [0.25, 0.3) is 0 Å². The zero-order valence-electron chi connectivity index (χ0n) is 43.2. The third-order valence-corrected chi connectivity index (χ3v) is 14.0. The first-order valence-electron chi connectivity index (χ1n) is 25.5. The lowest BCUT2D eigenvalue weighted by molar-refractivity contribution is -0.915. The highest BCUT2D eigenvalue weighted by molar-refractivity contribution is 5.91. The fourth-order valence-corrected chi connectivity index (χ4v) is 8.70. The monoisotopic (exact) mass is 942 g/mol. The van der Waals surface area contributed by atoms with Gasteiger partial charge in [-0.2, -0.15) is 20.5 Å². The van der Waals surface area contributed by atoms with Crippen LogP contribution in [0.1, 0.15) is 97.8 Å². The van der Waals surface area contributed by atoms with Crippen LogP contribution in [0.3, 0.4) is 0 Å². The van der Waals surface area contributed by atoms with Crippen LogP contribution in [0.4, 0.5) is 39.8 Å². The molecule has 0 fully saturated rings. The van der Waals surface area contributed by atoms with Crippen LogP contribution < -0.4 is 15.1 Å². The smallest absolute Gasteiger partial charge is 0.224 e. The minimum absolute atomic E-state index is 0.0680. The number of hydrogen-bond acceptors (Lipinski definition) is 8. The molecule has 1 amide bonds. The zero-order chi connectivity index (χ0) is 50.2. The van der Waals surface area contributed by atoms with Gasteiger partial charge in [0, 0.05) is 56.1 Å². The van der Waals surface area contributed by atoms with Crippen molar-refractivity contribution in [2.45, 2.75) is 101 Å². The van der Waals surface area contributed by atoms with E-state index in [0.717, 1.165) is 109 Å². The summed E-state index contributed by atoms with van der Waals surface area (Å²) in [6, 6.07) is 52.7. The highest BCUT2D eigenvalue weighted by atomic mass is 16.1. The molecule has 10 heteroatoms. The number of quaternary nitrogens is 1. The normalized spacial score (nSPS) is 11.6. The van der Waals surface area contributed by atoms with E-state index in [1.807, 2.05) is 84.9 Å². The molecule has 0 saturated carbocycles. The van der Waals surface area contributed by atoms with Gasteiger partial charge in [0.05, 0.1) is 42.4 Å². The van der Waals surface area contributed by atoms with E-state index in [1.54, 1.807) is 0 Å². The molecule has 368 valence electrons. The number of ketones is 1. The van der Waals surface area contributed by atoms with Gasteiger partial charge in [0.2, 0.25) is 5.91 Å². The van der Waals surface area contributed by atoms with Gasteiger partial charge in [-0.25, -0.2) is 0 Å². The van der Waals surface area contributed by atoms with Gasteiger partial charge >= 0.3 is 0 Å². The number of hydrogen-bond donors (Lipinski definition) is 1. The van der Waals surface area contributed by atoms with E-state index in [9.17, 15) is 9.59 Å². The second kappa shape index (κ2) is 28.0. The molecule has 0 spiro atoms. The average molecular weight is 942 g/mol. The minimum Gasteiger partial charge on any atom is -0.367 e. The van der Waals surface area contributed by atoms with Gasteiger partial charge in [-0.1, -0.05) is 93.6 Å². The fourth-order valence-electron chi connectivity index (χ4n) is 8.70. The summed E-state index contributed by atoms with van der Waals surface area (Å²) in [5, 5.41) is 20.5. The molecule has 0 saturated heterocycles. The summed E-state index contributed by atoms with van der Waals surface area (Å²) in [4.78, 5) is 29.8. The molecule has 0 bridgehead atoms. The predicted octanol–water partition coefficient (Wildman–Crippen LogP) is 15.8. The predicted molar refractivity (Wildman–Crippen MR) is 292 cm³/mol. The Labute approximate surface area is 419 Å². The number of likely N-dealkylation sites (N-methyl/N-ethyl adjacent to an activating group) is 1. The molecule has 6 aromatic rings. The first-order valence-corrected chi connectivity index (χ1v) is 25.5. The standard InChI is InChI=1S/C30H39N4O.C30H38N4O/c1-5-33(23-26-12-10-9-11-13-26)29-20-18-28(19-21-29)32-31-27-16-14-25(15-17-27)22-30(35)24-34(6-2,7-3)8-4;1-5-30(6-2,7-3)22-29(35)31-25-14-16-26(17-15-25)32-33-27-18-20-28(21-19-27)34(8-4)23-24-12-10-9-11-13-24/h9-21H,5-8,22-24H2,1-4H3;9-21H,5-8,22-23H2,1-4H3,(H,31,35)/q+1;. The Hall–Kier alpha value is -6.78. The molecule has 0 aliphatic heterocycles. The largest absolute Gasteiger partial charge is 0.367 e. The van der Waals surface area contributed by atoms with E-state index < -0.39 is 0 Å². The zero-order valence-corrected chi connectivity index (χ0v) is 43.2. The number of amides is 1. The fraction of sp³-hybridized carbons (Fsp3) is 0.367. The Kier molecular flexibility index (Phi) is 21.7. The van der Waals surface area contributed by atoms with Crippen LogP contribution in [-0.4, -0.2) is 55.4 Å². The Morgan fingerprint density at radius 3 is 1.20 bits per heavy atom. The summed E-state index contributed by atoms with van der Waals surface area (Å²) >= 11 is 0. The molecule has 0 radical (unpaired) electrons. The van der Waals surface area contributed by atoms with Gasteiger partial charge in [-0.05, 0) is 161 Å². The van der Waals surface area contributed by atoms with Crippen LogP contribution in [0.15, 0.2) is 178 Å². The summed E-state index contributed by atoms with van der Waals surface area (Å²) in [5.41, 5.74) is 9.96. The summed E-state index contributed by atoms with van der Waals surface area (Å²) in [7, 11) is 0. The Bertz CT molecular complexity index is 2310. The molecule has 0 aromatic heterocycles. The van der Waals surface area contributed by atoms with Crippen LogP contribution in [0.25, 0.3) is 0 Å². The van der Waals surface area contributed by atoms with Crippen molar-refractivity contribution in [3.8, 4) is 0 Å². The molecule has 6 aromatic carbocycles. The summed E-state index contributed by atoms with van der Waals surface area (Å²) in [6.45, 7) is 24.5. The number of azo groups is 2. The van der Waals surface area contributed by atoms with E-state index >= 15 is 0 Å². The highest BCUT2D eigenvalue weighted by Gasteiger charge is 2.27. The molecule has 0 atom stereocenters. The lowest BCUT2D eigenvalue weighted by Crippen LogP contribution is -2.51. The number of Topliss-reactive ketones (excluding diaryl/α,β-unsaturated/α-hetero) is 1. The van der Waals surface area contributed by atoms with Gasteiger partial charge in [0.15, 0.2) is 5.78 Å². The first-order chi connectivity index (χ1) is 34.0. The number of nitrogens with one attached hydrogen (secondary N) is 1. The Morgan fingerprint density at radius 2 is 0.843 bits per heavy atom. The van der Waals surface area contributed by atoms with E-state index in [1.165, 1.54) is 16.8 Å². The van der Waals surface area contributed by atoms with Gasteiger partial charge in [-0.3, -0.25) is 9.59 Å². The number of nitrogens with zero attached hydrogens (tertiary/aromatic N) is 7. The Balaban J connectivity index is 0.000000261. The van der Waals surface area contributed by atoms with Crippen molar-refractivity contribution in [2.75, 3.05) is 54.4 Å². The van der Waals surface area contributed by atoms with Crippen molar-refractivity contribution < 1.29 is 14.1 Å². The number of carbonyl (C=O) groups excluding carboxylic acids is 2. The van der Waals surface area contributed by atoms with Crippen molar-refractivity contribution in [1.29, 1.82) is 0 Å². The number of rotatable bonds is 25. The molecule has 70 heavy (non-hydrogen) atoms. The highest BCUT2D eigenvalue weighted by Crippen LogP contribution is 2.35. The molecule has 0 aliphatic carbocycles. The maximum atomic E-state index is 12.6. The third-order valence-electron chi connectivity index (χ3n) is 14.0. The summed E-state index contributed by atoms with van der Waals surface area (Å²) in [5.74, 6) is 0.358. The quantitative estimate of drug-likeness (QED) is 0.0456. The van der Waals surface area contributed by atoms with E-state index in [-0.39, 0.29) is 11.3 Å². The molecule has 0 heterocycles. The van der Waals surface area contributed by atoms with Crippen molar-refractivity contribution in [1.82, 2.24) is 0 Å². The maximum absolute atomic E-state index is 12.6. The second-order valence-electron chi connectivity index (χ2n) is 18.1. The van der Waals surface area contributed by atoms with Crippen LogP contribution in [0.5, 0.6) is 0 Å². The summed E-state index contributed by atoms with van der Waals surface area (Å²) in [6.07, 6.45) is 4.05. The molecule has 0 aliphatic rings. The van der Waals surface area contributed by atoms with E-state index in [4.69, 9.17) is 0 Å². The Morgan fingerprint density at radius 1 is 0.471 bits per heavy atom. The van der Waals surface area contributed by atoms with E-state index in [2.05, 4.69) is 164 Å². The summed E-state index contributed by atoms with van der Waals surface area (Å²) < 4.78 is 0.853. The van der Waals surface area contributed by atoms with Crippen molar-refractivity contribution in [3.63, 3.8) is 0 Å². The van der Waals surface area contributed by atoms with Crippen LogP contribution in [-0.2, 0) is 29.1 Å². The topological polar surface area (TPSA) is 102 Å². The van der Waals surface area contributed by atoms with Crippen molar-refractivity contribution in [3.05, 3.63) is 174 Å². The molecule has 6 rings (SSSR count). The average Bonchev–Trinajstić information content (AvgIpc) is 3.41. The van der Waals surface area contributed by atoms with Crippen LogP contribution in [0.2, 0.25) is 0 Å². The number of anilines is 3. The third kappa shape index (κ3) is 16.7. The van der Waals surface area contributed by atoms with Gasteiger partial charge < -0.3 is 19.6 Å². The molecule has 1 N–H and O–H groups in total. The molecular formula is C60H77N8O2+. The van der Waals surface area contributed by atoms with Gasteiger partial charge in [-0.15, -0.1) is 0 Å². The lowest BCUT2D eigenvalue weighted by Gasteiger charge is -2.35. The molecule has 0 unspecified atom stereocenters. The van der Waals surface area contributed by atoms with Gasteiger partial charge in [0.1, 0.15) is 6.54 Å². The van der Waals surface area contributed by atoms with Crippen molar-refractivity contribution >= 4 is 51.5 Å². The van der Waals surface area contributed by atoms with E-state index in [0.29, 0.717) is 25.2 Å². The molecular weight excluding hydrogens is 865 g/mol. The number of benzene rings is 6. The SMILES string of the molecule is CCN(Cc1ccccc1)c1ccc(N=Nc2ccc(CC(=O)C[N+](CC)(CC)CC)cc2)cc1.CCN(Cc1ccccc1)c1ccc(N=Nc2ccc(NC(=O)CC(CC)(CC)CC)cc2)cc1. The second-order valence-corrected chi connectivity index (χ2v) is 18.1. The first kappa shape index (κ1) is 54.2.